The van der Waals surface area contributed by atoms with Gasteiger partial charge in [-0.15, -0.1) is 0 Å². The maximum Gasteiger partial charge on any atom is 0.253 e. The summed E-state index contributed by atoms with van der Waals surface area (Å²) in [5.41, 5.74) is 3.09. The van der Waals surface area contributed by atoms with E-state index in [0.29, 0.717) is 0 Å². The Morgan fingerprint density at radius 3 is 3.11 bits per heavy atom. The van der Waals surface area contributed by atoms with Crippen molar-refractivity contribution < 1.29 is 4.79 Å². The molecule has 104 valence electrons. The minimum atomic E-state index is 0.0508. The van der Waals surface area contributed by atoms with Crippen LogP contribution in [0.25, 0.3) is 0 Å². The summed E-state index contributed by atoms with van der Waals surface area (Å²) in [7, 11) is 0. The molecule has 1 heterocycles. The second-order valence-electron chi connectivity index (χ2n) is 5.39. The molecule has 0 saturated carbocycles. The van der Waals surface area contributed by atoms with E-state index in [1.165, 1.54) is 12.0 Å². The van der Waals surface area contributed by atoms with Gasteiger partial charge in [0.05, 0.1) is 11.3 Å². The lowest BCUT2D eigenvalue weighted by Crippen LogP contribution is -2.33. The van der Waals surface area contributed by atoms with Gasteiger partial charge in [-0.2, -0.15) is 0 Å². The summed E-state index contributed by atoms with van der Waals surface area (Å²) in [4.78, 5) is 12.3. The fourth-order valence-corrected chi connectivity index (χ4v) is 2.58. The fourth-order valence-electron chi connectivity index (χ4n) is 2.58. The maximum atomic E-state index is 12.3. The van der Waals surface area contributed by atoms with Crippen LogP contribution in [0.4, 0.5) is 5.69 Å². The predicted molar refractivity (Wildman–Crippen MR) is 79.7 cm³/mol. The van der Waals surface area contributed by atoms with E-state index in [4.69, 9.17) is 0 Å². The third-order valence-electron chi connectivity index (χ3n) is 3.69. The first-order valence-corrected chi connectivity index (χ1v) is 7.39. The van der Waals surface area contributed by atoms with Crippen molar-refractivity contribution in [2.24, 2.45) is 0 Å². The number of carbonyl (C=O) groups excluding carboxylic acids is 1. The van der Waals surface area contributed by atoms with Gasteiger partial charge in [-0.3, -0.25) is 4.79 Å². The molecule has 1 aromatic rings. The lowest BCUT2D eigenvalue weighted by Gasteiger charge is -2.22. The van der Waals surface area contributed by atoms with Gasteiger partial charge in [0, 0.05) is 12.6 Å². The highest BCUT2D eigenvalue weighted by atomic mass is 16.1. The van der Waals surface area contributed by atoms with Gasteiger partial charge in [-0.25, -0.2) is 0 Å². The standard InChI is InChI=1S/C16H24N2O/c1-3-4-7-12(2)18-16(19)14-10-5-8-13-9-6-11-17-15(13)14/h5,8,10,12,17H,3-4,6-7,9,11H2,1-2H3,(H,18,19). The van der Waals surface area contributed by atoms with Gasteiger partial charge in [0.1, 0.15) is 0 Å². The number of benzene rings is 1. The lowest BCUT2D eigenvalue weighted by atomic mass is 9.99. The largest absolute Gasteiger partial charge is 0.384 e. The minimum Gasteiger partial charge on any atom is -0.384 e. The van der Waals surface area contributed by atoms with Crippen LogP contribution in [0.5, 0.6) is 0 Å². The summed E-state index contributed by atoms with van der Waals surface area (Å²) in [6.45, 7) is 5.21. The highest BCUT2D eigenvalue weighted by Gasteiger charge is 2.18. The van der Waals surface area contributed by atoms with E-state index in [-0.39, 0.29) is 11.9 Å². The molecule has 2 N–H and O–H groups in total. The Labute approximate surface area is 115 Å². The van der Waals surface area contributed by atoms with E-state index >= 15 is 0 Å². The van der Waals surface area contributed by atoms with Crippen molar-refractivity contribution in [2.75, 3.05) is 11.9 Å². The zero-order valence-corrected chi connectivity index (χ0v) is 12.0. The number of hydrogen-bond acceptors (Lipinski definition) is 2. The van der Waals surface area contributed by atoms with Gasteiger partial charge in [0.25, 0.3) is 5.91 Å². The average Bonchev–Trinajstić information content (AvgIpc) is 2.44. The fraction of sp³-hybridized carbons (Fsp3) is 0.562. The first-order valence-electron chi connectivity index (χ1n) is 7.39. The molecule has 0 aromatic heterocycles. The number of amides is 1. The number of unbranched alkanes of at least 4 members (excludes halogenated alkanes) is 1. The highest BCUT2D eigenvalue weighted by Crippen LogP contribution is 2.26. The number of anilines is 1. The van der Waals surface area contributed by atoms with Gasteiger partial charge >= 0.3 is 0 Å². The van der Waals surface area contributed by atoms with Gasteiger partial charge in [-0.1, -0.05) is 31.9 Å². The molecule has 1 aliphatic heterocycles. The van der Waals surface area contributed by atoms with Gasteiger partial charge in [-0.05, 0) is 37.8 Å². The molecule has 0 radical (unpaired) electrons. The van der Waals surface area contributed by atoms with Crippen molar-refractivity contribution in [3.05, 3.63) is 29.3 Å². The van der Waals surface area contributed by atoms with Gasteiger partial charge < -0.3 is 10.6 Å². The molecule has 1 aliphatic rings. The van der Waals surface area contributed by atoms with Crippen LogP contribution >= 0.6 is 0 Å². The smallest absolute Gasteiger partial charge is 0.253 e. The van der Waals surface area contributed by atoms with Crippen LogP contribution in [-0.2, 0) is 6.42 Å². The second-order valence-corrected chi connectivity index (χ2v) is 5.39. The zero-order valence-electron chi connectivity index (χ0n) is 12.0. The summed E-state index contributed by atoms with van der Waals surface area (Å²) < 4.78 is 0. The summed E-state index contributed by atoms with van der Waals surface area (Å²) in [6, 6.07) is 6.25. The molecule has 2 rings (SSSR count). The molecule has 19 heavy (non-hydrogen) atoms. The minimum absolute atomic E-state index is 0.0508. The SMILES string of the molecule is CCCCC(C)NC(=O)c1cccc2c1NCCC2. The second kappa shape index (κ2) is 6.60. The Kier molecular flexibility index (Phi) is 4.83. The number of rotatable bonds is 5. The topological polar surface area (TPSA) is 41.1 Å². The third kappa shape index (κ3) is 3.49. The Morgan fingerprint density at radius 1 is 1.47 bits per heavy atom. The van der Waals surface area contributed by atoms with E-state index in [2.05, 4.69) is 30.5 Å². The summed E-state index contributed by atoms with van der Waals surface area (Å²) >= 11 is 0. The quantitative estimate of drug-likeness (QED) is 0.852. The molecule has 0 bridgehead atoms. The highest BCUT2D eigenvalue weighted by molar-refractivity contribution is 6.00. The van der Waals surface area contributed by atoms with Crippen molar-refractivity contribution >= 4 is 11.6 Å². The molecule has 3 nitrogen and oxygen atoms in total. The molecule has 1 atom stereocenters. The normalized spacial score (nSPS) is 15.3. The first kappa shape index (κ1) is 13.9. The number of aryl methyl sites for hydroxylation is 1. The average molecular weight is 260 g/mol. The molecular formula is C16H24N2O. The van der Waals surface area contributed by atoms with Crippen molar-refractivity contribution in [1.82, 2.24) is 5.32 Å². The Morgan fingerprint density at radius 2 is 2.32 bits per heavy atom. The molecule has 1 aromatic carbocycles. The van der Waals surface area contributed by atoms with Crippen LogP contribution in [0.3, 0.4) is 0 Å². The van der Waals surface area contributed by atoms with E-state index in [1.807, 2.05) is 12.1 Å². The van der Waals surface area contributed by atoms with Crippen molar-refractivity contribution in [3.63, 3.8) is 0 Å². The zero-order chi connectivity index (χ0) is 13.7. The molecule has 0 aliphatic carbocycles. The van der Waals surface area contributed by atoms with Crippen LogP contribution < -0.4 is 10.6 Å². The van der Waals surface area contributed by atoms with E-state index < -0.39 is 0 Å². The summed E-state index contributed by atoms with van der Waals surface area (Å²) in [5.74, 6) is 0.0508. The van der Waals surface area contributed by atoms with Crippen LogP contribution in [0.15, 0.2) is 18.2 Å². The Balaban J connectivity index is 2.07. The van der Waals surface area contributed by atoms with E-state index in [0.717, 1.165) is 43.5 Å². The van der Waals surface area contributed by atoms with Crippen LogP contribution in [0, 0.1) is 0 Å². The maximum absolute atomic E-state index is 12.3. The van der Waals surface area contributed by atoms with Crippen molar-refractivity contribution in [2.45, 2.75) is 52.0 Å². The molecular weight excluding hydrogens is 236 g/mol. The van der Waals surface area contributed by atoms with Crippen LogP contribution in [0.2, 0.25) is 0 Å². The van der Waals surface area contributed by atoms with Gasteiger partial charge in [0.15, 0.2) is 0 Å². The summed E-state index contributed by atoms with van der Waals surface area (Å²) in [5, 5.41) is 6.47. The van der Waals surface area contributed by atoms with Crippen molar-refractivity contribution in [3.8, 4) is 0 Å². The van der Waals surface area contributed by atoms with Crippen molar-refractivity contribution in [1.29, 1.82) is 0 Å². The molecule has 0 spiro atoms. The van der Waals surface area contributed by atoms with E-state index in [1.54, 1.807) is 0 Å². The van der Waals surface area contributed by atoms with Crippen LogP contribution in [-0.4, -0.2) is 18.5 Å². The van der Waals surface area contributed by atoms with Gasteiger partial charge in [0.2, 0.25) is 0 Å². The molecule has 1 unspecified atom stereocenters. The molecule has 3 heteroatoms. The Bertz CT molecular complexity index is 442. The Hall–Kier alpha value is -1.51. The number of fused-ring (bicyclic) bond motifs is 1. The van der Waals surface area contributed by atoms with E-state index in [9.17, 15) is 4.79 Å². The number of hydrogen-bond donors (Lipinski definition) is 2. The molecule has 0 fully saturated rings. The lowest BCUT2D eigenvalue weighted by molar-refractivity contribution is 0.0938. The monoisotopic (exact) mass is 260 g/mol. The first-order chi connectivity index (χ1) is 9.22. The number of para-hydroxylation sites is 1. The summed E-state index contributed by atoms with van der Waals surface area (Å²) in [6.07, 6.45) is 5.58. The molecule has 0 saturated heterocycles. The molecule has 1 amide bonds. The third-order valence-corrected chi connectivity index (χ3v) is 3.69. The predicted octanol–water partition coefficient (Wildman–Crippen LogP) is 3.35. The number of carbonyl (C=O) groups is 1. The number of nitrogens with one attached hydrogen (secondary N) is 2. The van der Waals surface area contributed by atoms with Crippen LogP contribution in [0.1, 0.15) is 55.5 Å².